The zero-order chi connectivity index (χ0) is 14.4. The number of ketones is 1. The van der Waals surface area contributed by atoms with Crippen molar-refractivity contribution in [3.05, 3.63) is 34.3 Å². The Bertz CT molecular complexity index is 448. The molecule has 1 N–H and O–H groups in total. The van der Waals surface area contributed by atoms with E-state index in [1.165, 1.54) is 12.8 Å². The Morgan fingerprint density at radius 1 is 1.40 bits per heavy atom. The van der Waals surface area contributed by atoms with E-state index < -0.39 is 0 Å². The summed E-state index contributed by atoms with van der Waals surface area (Å²) in [6.45, 7) is 2.09. The SMILES string of the molecule is O=C(CCN1CCCCC1CCO)c1cccc(Br)c1. The standard InChI is InChI=1S/C16H22BrNO2/c17-14-5-3-4-13(12-14)16(20)7-10-18-9-2-1-6-15(18)8-11-19/h3-5,12,15,19H,1-2,6-11H2. The summed E-state index contributed by atoms with van der Waals surface area (Å²) in [4.78, 5) is 14.6. The second kappa shape index (κ2) is 7.91. The highest BCUT2D eigenvalue weighted by atomic mass is 79.9. The Morgan fingerprint density at radius 2 is 2.25 bits per heavy atom. The van der Waals surface area contributed by atoms with E-state index >= 15 is 0 Å². The number of aliphatic hydroxyl groups is 1. The van der Waals surface area contributed by atoms with E-state index in [2.05, 4.69) is 20.8 Å². The Labute approximate surface area is 129 Å². The van der Waals surface area contributed by atoms with Crippen molar-refractivity contribution in [3.8, 4) is 0 Å². The molecule has 0 saturated carbocycles. The third-order valence-electron chi connectivity index (χ3n) is 3.98. The van der Waals surface area contributed by atoms with Crippen molar-refractivity contribution in [1.29, 1.82) is 0 Å². The number of benzene rings is 1. The number of Topliss-reactive ketones (excluding diaryl/α,β-unsaturated/α-hetero) is 1. The molecule has 0 aliphatic carbocycles. The molecule has 0 bridgehead atoms. The average Bonchev–Trinajstić information content (AvgIpc) is 2.46. The summed E-state index contributed by atoms with van der Waals surface area (Å²) in [6, 6.07) is 8.02. The molecule has 2 rings (SSSR count). The molecule has 3 nitrogen and oxygen atoms in total. The summed E-state index contributed by atoms with van der Waals surface area (Å²) in [6.07, 6.45) is 4.96. The zero-order valence-electron chi connectivity index (χ0n) is 11.7. The molecule has 110 valence electrons. The summed E-state index contributed by atoms with van der Waals surface area (Å²) < 4.78 is 0.944. The van der Waals surface area contributed by atoms with Gasteiger partial charge in [-0.25, -0.2) is 0 Å². The number of nitrogens with zero attached hydrogens (tertiary/aromatic N) is 1. The van der Waals surface area contributed by atoms with Gasteiger partial charge in [0.2, 0.25) is 0 Å². The third kappa shape index (κ3) is 4.40. The van der Waals surface area contributed by atoms with Gasteiger partial charge in [-0.1, -0.05) is 34.5 Å². The van der Waals surface area contributed by atoms with Crippen molar-refractivity contribution in [2.24, 2.45) is 0 Å². The first kappa shape index (κ1) is 15.7. The van der Waals surface area contributed by atoms with Gasteiger partial charge in [0.05, 0.1) is 0 Å². The van der Waals surface area contributed by atoms with E-state index in [0.29, 0.717) is 12.5 Å². The first-order valence-corrected chi connectivity index (χ1v) is 8.13. The molecule has 0 amide bonds. The maximum Gasteiger partial charge on any atom is 0.164 e. The summed E-state index contributed by atoms with van der Waals surface area (Å²) in [7, 11) is 0. The molecule has 1 heterocycles. The van der Waals surface area contributed by atoms with Gasteiger partial charge in [-0.05, 0) is 37.9 Å². The van der Waals surface area contributed by atoms with E-state index in [1.54, 1.807) is 0 Å². The van der Waals surface area contributed by atoms with Crippen molar-refractivity contribution < 1.29 is 9.90 Å². The maximum atomic E-state index is 12.2. The zero-order valence-corrected chi connectivity index (χ0v) is 13.3. The van der Waals surface area contributed by atoms with Gasteiger partial charge >= 0.3 is 0 Å². The van der Waals surface area contributed by atoms with Crippen LogP contribution in [0.15, 0.2) is 28.7 Å². The van der Waals surface area contributed by atoms with Crippen LogP contribution in [0.25, 0.3) is 0 Å². The van der Waals surface area contributed by atoms with Gasteiger partial charge in [-0.15, -0.1) is 0 Å². The number of piperidine rings is 1. The first-order valence-electron chi connectivity index (χ1n) is 7.34. The van der Waals surface area contributed by atoms with Gasteiger partial charge in [-0.2, -0.15) is 0 Å². The van der Waals surface area contributed by atoms with Crippen LogP contribution >= 0.6 is 15.9 Å². The lowest BCUT2D eigenvalue weighted by atomic mass is 9.98. The van der Waals surface area contributed by atoms with Gasteiger partial charge in [-0.3, -0.25) is 9.69 Å². The minimum absolute atomic E-state index is 0.194. The lowest BCUT2D eigenvalue weighted by Gasteiger charge is -2.35. The van der Waals surface area contributed by atoms with Gasteiger partial charge in [0.15, 0.2) is 5.78 Å². The summed E-state index contributed by atoms with van der Waals surface area (Å²) in [5, 5.41) is 9.12. The highest BCUT2D eigenvalue weighted by Crippen LogP contribution is 2.20. The van der Waals surface area contributed by atoms with Crippen LogP contribution in [0.4, 0.5) is 0 Å². The summed E-state index contributed by atoms with van der Waals surface area (Å²) >= 11 is 3.40. The van der Waals surface area contributed by atoms with E-state index in [1.807, 2.05) is 24.3 Å². The van der Waals surface area contributed by atoms with Crippen LogP contribution in [0.5, 0.6) is 0 Å². The number of hydrogen-bond donors (Lipinski definition) is 1. The van der Waals surface area contributed by atoms with Crippen LogP contribution in [0.1, 0.15) is 42.5 Å². The van der Waals surface area contributed by atoms with Gasteiger partial charge in [0.25, 0.3) is 0 Å². The fourth-order valence-electron chi connectivity index (χ4n) is 2.88. The predicted molar refractivity (Wildman–Crippen MR) is 84.0 cm³/mol. The van der Waals surface area contributed by atoms with Crippen LogP contribution in [-0.2, 0) is 0 Å². The van der Waals surface area contributed by atoms with Gasteiger partial charge in [0, 0.05) is 35.7 Å². The second-order valence-electron chi connectivity index (χ2n) is 5.38. The number of rotatable bonds is 6. The molecule has 1 unspecified atom stereocenters. The molecule has 0 radical (unpaired) electrons. The monoisotopic (exact) mass is 339 g/mol. The largest absolute Gasteiger partial charge is 0.396 e. The average molecular weight is 340 g/mol. The Balaban J connectivity index is 1.88. The molecule has 1 atom stereocenters. The molecule has 20 heavy (non-hydrogen) atoms. The number of aliphatic hydroxyl groups excluding tert-OH is 1. The molecule has 0 spiro atoms. The molecule has 1 aliphatic heterocycles. The fourth-order valence-corrected chi connectivity index (χ4v) is 3.28. The molecular weight excluding hydrogens is 318 g/mol. The van der Waals surface area contributed by atoms with Crippen LogP contribution in [0, 0.1) is 0 Å². The second-order valence-corrected chi connectivity index (χ2v) is 6.30. The molecular formula is C16H22BrNO2. The lowest BCUT2D eigenvalue weighted by molar-refractivity contribution is 0.0896. The molecule has 1 aromatic rings. The first-order chi connectivity index (χ1) is 9.70. The number of likely N-dealkylation sites (tertiary alicyclic amines) is 1. The maximum absolute atomic E-state index is 12.2. The van der Waals surface area contributed by atoms with Crippen molar-refractivity contribution in [1.82, 2.24) is 4.90 Å². The van der Waals surface area contributed by atoms with E-state index in [4.69, 9.17) is 5.11 Å². The lowest BCUT2D eigenvalue weighted by Crippen LogP contribution is -2.41. The van der Waals surface area contributed by atoms with Gasteiger partial charge in [0.1, 0.15) is 0 Å². The van der Waals surface area contributed by atoms with Crippen LogP contribution in [0.2, 0.25) is 0 Å². The van der Waals surface area contributed by atoms with Crippen molar-refractivity contribution in [2.45, 2.75) is 38.1 Å². The number of carbonyl (C=O) groups excluding carboxylic acids is 1. The third-order valence-corrected chi connectivity index (χ3v) is 4.48. The van der Waals surface area contributed by atoms with Crippen LogP contribution < -0.4 is 0 Å². The predicted octanol–water partition coefficient (Wildman–Crippen LogP) is 3.26. The molecule has 1 aromatic carbocycles. The Morgan fingerprint density at radius 3 is 3.00 bits per heavy atom. The van der Waals surface area contributed by atoms with Crippen molar-refractivity contribution in [2.75, 3.05) is 19.7 Å². The molecule has 1 aliphatic rings. The minimum Gasteiger partial charge on any atom is -0.396 e. The highest BCUT2D eigenvalue weighted by Gasteiger charge is 2.22. The topological polar surface area (TPSA) is 40.5 Å². The molecule has 1 fully saturated rings. The summed E-state index contributed by atoms with van der Waals surface area (Å²) in [5.74, 6) is 0.194. The Kier molecular flexibility index (Phi) is 6.20. The number of halogens is 1. The fraction of sp³-hybridized carbons (Fsp3) is 0.562. The van der Waals surface area contributed by atoms with Crippen molar-refractivity contribution in [3.63, 3.8) is 0 Å². The van der Waals surface area contributed by atoms with Crippen molar-refractivity contribution >= 4 is 21.7 Å². The number of carbonyl (C=O) groups is 1. The van der Waals surface area contributed by atoms with E-state index in [0.717, 1.165) is 36.0 Å². The van der Waals surface area contributed by atoms with E-state index in [-0.39, 0.29) is 12.4 Å². The summed E-state index contributed by atoms with van der Waals surface area (Å²) in [5.41, 5.74) is 0.773. The smallest absolute Gasteiger partial charge is 0.164 e. The molecule has 1 saturated heterocycles. The van der Waals surface area contributed by atoms with Crippen LogP contribution in [0.3, 0.4) is 0 Å². The minimum atomic E-state index is 0.194. The highest BCUT2D eigenvalue weighted by molar-refractivity contribution is 9.10. The Hall–Kier alpha value is -0.710. The van der Waals surface area contributed by atoms with E-state index in [9.17, 15) is 4.79 Å². The molecule has 0 aromatic heterocycles. The quantitative estimate of drug-likeness (QED) is 0.808. The molecule has 4 heteroatoms. The van der Waals surface area contributed by atoms with Gasteiger partial charge < -0.3 is 5.11 Å². The number of hydrogen-bond acceptors (Lipinski definition) is 3. The normalized spacial score (nSPS) is 20.0. The van der Waals surface area contributed by atoms with Crippen LogP contribution in [-0.4, -0.2) is 41.5 Å².